The van der Waals surface area contributed by atoms with Gasteiger partial charge in [0.2, 0.25) is 11.8 Å². The third-order valence-electron chi connectivity index (χ3n) is 5.82. The molecule has 10 nitrogen and oxygen atoms in total. The highest BCUT2D eigenvalue weighted by atomic mass is 16.6. The summed E-state index contributed by atoms with van der Waals surface area (Å²) in [5, 5.41) is 7.85. The fraction of sp³-hybridized carbons (Fsp3) is 0.515. The zero-order valence-corrected chi connectivity index (χ0v) is 27.0. The highest BCUT2D eigenvalue weighted by Crippen LogP contribution is 2.20. The molecule has 0 saturated heterocycles. The molecule has 0 aromatic carbocycles. The number of alkyl carbamates (subject to hydrolysis) is 1. The van der Waals surface area contributed by atoms with E-state index in [0.29, 0.717) is 25.7 Å². The van der Waals surface area contributed by atoms with E-state index in [-0.39, 0.29) is 17.8 Å². The Bertz CT molecular complexity index is 1130. The number of rotatable bonds is 13. The van der Waals surface area contributed by atoms with Gasteiger partial charge in [-0.15, -0.1) is 5.92 Å². The highest BCUT2D eigenvalue weighted by molar-refractivity contribution is 5.93. The molecule has 3 amide bonds. The molecule has 0 fully saturated rings. The molecule has 0 radical (unpaired) electrons. The molecular formula is C33H49N3O7. The summed E-state index contributed by atoms with van der Waals surface area (Å²) in [4.78, 5) is 48.7. The van der Waals surface area contributed by atoms with Crippen molar-refractivity contribution in [1.29, 1.82) is 0 Å². The molecule has 10 heteroatoms. The first-order valence-electron chi connectivity index (χ1n) is 14.4. The third-order valence-corrected chi connectivity index (χ3v) is 5.82. The molecule has 238 valence electrons. The predicted molar refractivity (Wildman–Crippen MR) is 168 cm³/mol. The molecule has 0 bridgehead atoms. The first-order chi connectivity index (χ1) is 20.4. The lowest BCUT2D eigenvalue weighted by Crippen LogP contribution is -2.52. The van der Waals surface area contributed by atoms with Crippen molar-refractivity contribution in [3.8, 4) is 11.8 Å². The second kappa shape index (κ2) is 21.4. The van der Waals surface area contributed by atoms with Crippen LogP contribution in [0, 0.1) is 17.3 Å². The lowest BCUT2D eigenvalue weighted by Gasteiger charge is -2.29. The lowest BCUT2D eigenvalue weighted by molar-refractivity contribution is -0.149. The summed E-state index contributed by atoms with van der Waals surface area (Å²) < 4.78 is 15.5. The first kappa shape index (κ1) is 38.7. The molecule has 1 aliphatic heterocycles. The van der Waals surface area contributed by atoms with Crippen molar-refractivity contribution in [3.05, 3.63) is 60.1 Å². The Balaban J connectivity index is 0.00000862. The van der Waals surface area contributed by atoms with Crippen LogP contribution in [0.15, 0.2) is 60.1 Å². The molecule has 43 heavy (non-hydrogen) atoms. The minimum atomic E-state index is -0.801. The van der Waals surface area contributed by atoms with Crippen LogP contribution in [0.2, 0.25) is 0 Å². The summed E-state index contributed by atoms with van der Waals surface area (Å²) in [5.41, 5.74) is 0.385. The summed E-state index contributed by atoms with van der Waals surface area (Å²) in [6, 6.07) is -0.801. The molecule has 0 aliphatic carbocycles. The molecule has 0 spiro atoms. The van der Waals surface area contributed by atoms with Gasteiger partial charge in [-0.05, 0) is 31.5 Å². The smallest absolute Gasteiger partial charge is 0.407 e. The fourth-order valence-electron chi connectivity index (χ4n) is 3.54. The highest BCUT2D eigenvalue weighted by Gasteiger charge is 2.32. The van der Waals surface area contributed by atoms with Crippen molar-refractivity contribution < 1.29 is 33.4 Å². The lowest BCUT2D eigenvalue weighted by atomic mass is 9.86. The molecule has 3 unspecified atom stereocenters. The van der Waals surface area contributed by atoms with Gasteiger partial charge in [0.05, 0.1) is 7.11 Å². The van der Waals surface area contributed by atoms with Crippen LogP contribution in [0.3, 0.4) is 0 Å². The molecule has 0 aromatic rings. The van der Waals surface area contributed by atoms with Gasteiger partial charge in [-0.3, -0.25) is 9.59 Å². The van der Waals surface area contributed by atoms with Gasteiger partial charge in [0.15, 0.2) is 5.76 Å². The van der Waals surface area contributed by atoms with E-state index in [1.54, 1.807) is 31.2 Å². The van der Waals surface area contributed by atoms with E-state index in [0.717, 1.165) is 5.57 Å². The predicted octanol–water partition coefficient (Wildman–Crippen LogP) is 5.00. The summed E-state index contributed by atoms with van der Waals surface area (Å²) >= 11 is 0. The monoisotopic (exact) mass is 599 g/mol. The second-order valence-corrected chi connectivity index (χ2v) is 10.3. The Morgan fingerprint density at radius 3 is 2.44 bits per heavy atom. The average molecular weight is 600 g/mol. The largest absolute Gasteiger partial charge is 0.490 e. The van der Waals surface area contributed by atoms with Crippen molar-refractivity contribution >= 4 is 23.9 Å². The Morgan fingerprint density at radius 1 is 1.19 bits per heavy atom. The number of hydrogen-bond acceptors (Lipinski definition) is 7. The van der Waals surface area contributed by atoms with Crippen LogP contribution in [-0.2, 0) is 28.6 Å². The topological polar surface area (TPSA) is 132 Å². The van der Waals surface area contributed by atoms with E-state index in [1.807, 2.05) is 53.7 Å². The van der Waals surface area contributed by atoms with Gasteiger partial charge in [0, 0.05) is 38.8 Å². The number of nitrogens with one attached hydrogen (secondary N) is 3. The van der Waals surface area contributed by atoms with Crippen molar-refractivity contribution in [3.63, 3.8) is 0 Å². The van der Waals surface area contributed by atoms with Gasteiger partial charge < -0.3 is 30.2 Å². The quantitative estimate of drug-likeness (QED) is 0.118. The van der Waals surface area contributed by atoms with Crippen LogP contribution < -0.4 is 16.0 Å². The van der Waals surface area contributed by atoms with Crippen LogP contribution in [0.4, 0.5) is 4.79 Å². The first-order valence-corrected chi connectivity index (χ1v) is 14.4. The maximum absolute atomic E-state index is 12.9. The molecule has 0 saturated carbocycles. The van der Waals surface area contributed by atoms with Gasteiger partial charge in [0.1, 0.15) is 18.2 Å². The molecule has 3 N–H and O–H groups in total. The van der Waals surface area contributed by atoms with Gasteiger partial charge in [-0.25, -0.2) is 9.59 Å². The van der Waals surface area contributed by atoms with Crippen LogP contribution in [0.1, 0.15) is 74.1 Å². The molecule has 3 atom stereocenters. The second-order valence-electron chi connectivity index (χ2n) is 10.3. The van der Waals surface area contributed by atoms with E-state index in [2.05, 4.69) is 27.8 Å². The van der Waals surface area contributed by atoms with Gasteiger partial charge in [-0.1, -0.05) is 76.5 Å². The van der Waals surface area contributed by atoms with E-state index in [1.165, 1.54) is 26.4 Å². The molecule has 1 heterocycles. The molecule has 1 aliphatic rings. The summed E-state index contributed by atoms with van der Waals surface area (Å²) in [5.74, 6) is 4.62. The Morgan fingerprint density at radius 2 is 1.86 bits per heavy atom. The number of ether oxygens (including phenoxy) is 3. The van der Waals surface area contributed by atoms with Crippen LogP contribution in [0.25, 0.3) is 0 Å². The zero-order chi connectivity index (χ0) is 32.8. The van der Waals surface area contributed by atoms with Gasteiger partial charge in [0.25, 0.3) is 0 Å². The fourth-order valence-corrected chi connectivity index (χ4v) is 3.54. The molecular weight excluding hydrogens is 550 g/mol. The number of hydrogen-bond donors (Lipinski definition) is 3. The maximum Gasteiger partial charge on any atom is 0.407 e. The number of cyclic esters (lactones) is 1. The van der Waals surface area contributed by atoms with E-state index >= 15 is 0 Å². The minimum Gasteiger partial charge on any atom is -0.490 e. The molecule has 1 rings (SSSR count). The zero-order valence-electron chi connectivity index (χ0n) is 27.0. The Hall–Kier alpha value is -4.26. The number of esters is 1. The summed E-state index contributed by atoms with van der Waals surface area (Å²) in [7, 11) is 2.91. The number of carbonyl (C=O) groups excluding carboxylic acids is 4. The van der Waals surface area contributed by atoms with Crippen molar-refractivity contribution in [1.82, 2.24) is 16.0 Å². The van der Waals surface area contributed by atoms with Crippen molar-refractivity contribution in [2.45, 2.75) is 92.4 Å². The van der Waals surface area contributed by atoms with Crippen LogP contribution >= 0.6 is 0 Å². The van der Waals surface area contributed by atoms with E-state index < -0.39 is 35.5 Å². The van der Waals surface area contributed by atoms with Crippen LogP contribution in [0.5, 0.6) is 0 Å². The van der Waals surface area contributed by atoms with E-state index in [9.17, 15) is 19.2 Å². The van der Waals surface area contributed by atoms with Crippen molar-refractivity contribution in [2.24, 2.45) is 5.41 Å². The average Bonchev–Trinajstić information content (AvgIpc) is 2.98. The number of amides is 3. The summed E-state index contributed by atoms with van der Waals surface area (Å²) in [6.07, 6.45) is 13.9. The number of allylic oxidation sites excluding steroid dienone is 4. The minimum absolute atomic E-state index is 0.226. The molecule has 0 aromatic heterocycles. The number of carbonyl (C=O) groups is 4. The van der Waals surface area contributed by atoms with Crippen molar-refractivity contribution in [2.75, 3.05) is 14.2 Å². The standard InChI is InChI=1S/C31H43N3O7.C2H6/c1-8-9-14-23(41-30(38)32-6)15-12-21-33-28(36)27(31(3,4)5)34-26(35)16-11-10-13-22(2)17-18-24-19-20-25(39-7)29(37)40-24;1-2/h10-13,16-17,20-21,23-24,27H,14-15,18-19H2,1-7H3,(H,32,38)(H,33,36)(H,34,35);1-2H3/b13-10-,16-11-,21-12-,22-17+;. The third kappa shape index (κ3) is 16.7. The van der Waals surface area contributed by atoms with Gasteiger partial charge >= 0.3 is 12.1 Å². The van der Waals surface area contributed by atoms with E-state index in [4.69, 9.17) is 14.2 Å². The maximum atomic E-state index is 12.9. The normalized spacial score (nSPS) is 16.6. The Kier molecular flexibility index (Phi) is 19.3. The van der Waals surface area contributed by atoms with Crippen LogP contribution in [-0.4, -0.2) is 56.3 Å². The van der Waals surface area contributed by atoms with Gasteiger partial charge in [-0.2, -0.15) is 0 Å². The Labute approximate surface area is 257 Å². The summed E-state index contributed by atoms with van der Waals surface area (Å²) in [6.45, 7) is 13.2. The number of methoxy groups -OCH3 is 1. The SMILES string of the molecule is CC.CC#CCC(C/C=C\NC(=O)C(NC(=O)\C=C/C=C\C(C)=C\CC1CC=C(OC)C(=O)O1)C(C)(C)C)OC(=O)NC.